The summed E-state index contributed by atoms with van der Waals surface area (Å²) in [4.78, 5) is 35.8. The van der Waals surface area contributed by atoms with Gasteiger partial charge in [0.25, 0.3) is 5.56 Å². The average molecular weight is 662 g/mol. The quantitative estimate of drug-likeness (QED) is 0.262. The number of nitrogens with zero attached hydrogens (tertiary/aromatic N) is 7. The number of alkyl halides is 3. The lowest BCUT2D eigenvalue weighted by Gasteiger charge is -2.41. The molecule has 0 aromatic carbocycles. The van der Waals surface area contributed by atoms with Gasteiger partial charge in [0, 0.05) is 72.0 Å². The molecule has 1 atom stereocenters. The van der Waals surface area contributed by atoms with E-state index in [0.717, 1.165) is 22.7 Å². The first-order chi connectivity index (χ1) is 21.8. The third-order valence-corrected chi connectivity index (χ3v) is 10.7. The first-order valence-corrected chi connectivity index (χ1v) is 19.5. The lowest BCUT2D eigenvalue weighted by molar-refractivity contribution is -0.145. The number of rotatable bonds is 11. The SMILES string of the molecule is C[Si](C)(C)CCOCn1ncc(N2CCC(COC3CC(C(=O)N4CCN(c5ccc(C#N)cn5)CC4)C3)C2)c(C(F)(F)F)c1=O. The Balaban J connectivity index is 1.06. The van der Waals surface area contributed by atoms with Gasteiger partial charge in [-0.05, 0) is 37.4 Å². The van der Waals surface area contributed by atoms with Gasteiger partial charge >= 0.3 is 6.18 Å². The minimum atomic E-state index is -4.83. The van der Waals surface area contributed by atoms with Gasteiger partial charge in [0.05, 0.1) is 30.2 Å². The molecule has 0 N–H and O–H groups in total. The number of carbonyl (C=O) groups is 1. The Bertz CT molecular complexity index is 1460. The zero-order valence-corrected chi connectivity index (χ0v) is 27.6. The van der Waals surface area contributed by atoms with E-state index in [9.17, 15) is 22.8 Å². The molecule has 15 heteroatoms. The fourth-order valence-corrected chi connectivity index (χ4v) is 6.78. The topological polar surface area (TPSA) is 117 Å². The number of aromatic nitrogens is 3. The average Bonchev–Trinajstić information content (AvgIpc) is 3.47. The second kappa shape index (κ2) is 14.1. The van der Waals surface area contributed by atoms with Crippen LogP contribution in [0, 0.1) is 23.2 Å². The fourth-order valence-electron chi connectivity index (χ4n) is 6.02. The molecule has 3 aliphatic rings. The molecule has 0 spiro atoms. The molecule has 1 unspecified atom stereocenters. The molecule has 3 fully saturated rings. The highest BCUT2D eigenvalue weighted by Gasteiger charge is 2.42. The summed E-state index contributed by atoms with van der Waals surface area (Å²) in [6.07, 6.45) is -0.311. The van der Waals surface area contributed by atoms with Crippen molar-refractivity contribution in [3.63, 3.8) is 0 Å². The second-order valence-electron chi connectivity index (χ2n) is 13.6. The number of piperazine rings is 1. The Morgan fingerprint density at radius 3 is 2.46 bits per heavy atom. The van der Waals surface area contributed by atoms with Gasteiger partial charge in [-0.2, -0.15) is 23.5 Å². The third-order valence-electron chi connectivity index (χ3n) is 8.95. The second-order valence-corrected chi connectivity index (χ2v) is 19.2. The van der Waals surface area contributed by atoms with Crippen molar-refractivity contribution in [2.24, 2.45) is 11.8 Å². The molecular weight excluding hydrogens is 619 g/mol. The van der Waals surface area contributed by atoms with Crippen molar-refractivity contribution >= 4 is 25.5 Å². The number of nitriles is 1. The highest BCUT2D eigenvalue weighted by molar-refractivity contribution is 6.76. The van der Waals surface area contributed by atoms with Gasteiger partial charge in [-0.1, -0.05) is 19.6 Å². The minimum absolute atomic E-state index is 0.00655. The van der Waals surface area contributed by atoms with Crippen LogP contribution in [0.3, 0.4) is 0 Å². The predicted molar refractivity (Wildman–Crippen MR) is 168 cm³/mol. The molecule has 4 heterocycles. The summed E-state index contributed by atoms with van der Waals surface area (Å²) in [7, 11) is -1.38. The van der Waals surface area contributed by atoms with E-state index in [0.29, 0.717) is 77.3 Å². The maximum atomic E-state index is 14.1. The molecule has 46 heavy (non-hydrogen) atoms. The number of hydrogen-bond acceptors (Lipinski definition) is 9. The Morgan fingerprint density at radius 1 is 1.09 bits per heavy atom. The summed E-state index contributed by atoms with van der Waals surface area (Å²) >= 11 is 0. The fraction of sp³-hybridized carbons (Fsp3) is 0.645. The molecular formula is C31H42F3N7O4Si. The molecule has 0 radical (unpaired) electrons. The van der Waals surface area contributed by atoms with Crippen LogP contribution in [-0.4, -0.2) is 92.2 Å². The lowest BCUT2D eigenvalue weighted by atomic mass is 9.81. The van der Waals surface area contributed by atoms with Crippen molar-refractivity contribution in [1.29, 1.82) is 5.26 Å². The number of hydrogen-bond donors (Lipinski definition) is 0. The van der Waals surface area contributed by atoms with Crippen molar-refractivity contribution < 1.29 is 27.4 Å². The molecule has 11 nitrogen and oxygen atoms in total. The first kappa shape index (κ1) is 33.9. The summed E-state index contributed by atoms with van der Waals surface area (Å²) < 4.78 is 54.5. The Hall–Kier alpha value is -3.48. The highest BCUT2D eigenvalue weighted by Crippen LogP contribution is 2.37. The number of carbonyl (C=O) groups excluding carboxylic acids is 1. The Morgan fingerprint density at radius 2 is 1.83 bits per heavy atom. The number of anilines is 2. The summed E-state index contributed by atoms with van der Waals surface area (Å²) in [6, 6.07) is 6.45. The predicted octanol–water partition coefficient (Wildman–Crippen LogP) is 3.81. The van der Waals surface area contributed by atoms with Gasteiger partial charge in [-0.25, -0.2) is 9.67 Å². The van der Waals surface area contributed by atoms with E-state index in [4.69, 9.17) is 14.7 Å². The zero-order valence-electron chi connectivity index (χ0n) is 26.6. The Labute approximate surface area is 267 Å². The Kier molecular flexibility index (Phi) is 10.4. The van der Waals surface area contributed by atoms with Crippen LogP contribution in [0.5, 0.6) is 0 Å². The van der Waals surface area contributed by atoms with E-state index in [-0.39, 0.29) is 36.3 Å². The van der Waals surface area contributed by atoms with Crippen LogP contribution in [0.4, 0.5) is 24.7 Å². The molecule has 2 aromatic heterocycles. The first-order valence-electron chi connectivity index (χ1n) is 15.8. The van der Waals surface area contributed by atoms with Crippen molar-refractivity contribution in [1.82, 2.24) is 19.7 Å². The number of halogens is 3. The van der Waals surface area contributed by atoms with Crippen LogP contribution >= 0.6 is 0 Å². The van der Waals surface area contributed by atoms with Crippen LogP contribution in [0.2, 0.25) is 25.7 Å². The van der Waals surface area contributed by atoms with Crippen molar-refractivity contribution in [3.05, 3.63) is 46.0 Å². The van der Waals surface area contributed by atoms with E-state index in [1.165, 1.54) is 0 Å². The highest BCUT2D eigenvalue weighted by atomic mass is 28.3. The van der Waals surface area contributed by atoms with E-state index < -0.39 is 25.4 Å². The van der Waals surface area contributed by atoms with Gasteiger partial charge in [0.1, 0.15) is 24.2 Å². The summed E-state index contributed by atoms with van der Waals surface area (Å²) in [5.41, 5.74) is -2.11. The van der Waals surface area contributed by atoms with E-state index in [1.54, 1.807) is 17.2 Å². The third kappa shape index (κ3) is 8.26. The molecule has 2 saturated heterocycles. The van der Waals surface area contributed by atoms with Crippen LogP contribution in [0.15, 0.2) is 29.3 Å². The summed E-state index contributed by atoms with van der Waals surface area (Å²) in [6.45, 7) is 10.2. The monoisotopic (exact) mass is 661 g/mol. The molecule has 2 aromatic rings. The van der Waals surface area contributed by atoms with Gasteiger partial charge in [-0.3, -0.25) is 9.59 Å². The standard InChI is InChI=1S/C31H42F3N7O4Si/c1-46(2,3)13-12-44-21-41-30(43)28(31(32,33)34)26(18-37-41)40-7-6-23(19-40)20-45-25-14-24(15-25)29(42)39-10-8-38(9-11-39)27-5-4-22(16-35)17-36-27/h4-5,17-18,23-25H,6-15,19-21H2,1-3H3. The van der Waals surface area contributed by atoms with E-state index in [2.05, 4.69) is 40.7 Å². The van der Waals surface area contributed by atoms with Crippen LogP contribution in [0.25, 0.3) is 0 Å². The van der Waals surface area contributed by atoms with Crippen molar-refractivity contribution in [3.8, 4) is 6.07 Å². The minimum Gasteiger partial charge on any atom is -0.378 e. The summed E-state index contributed by atoms with van der Waals surface area (Å²) in [5, 5.41) is 13.0. The number of ether oxygens (including phenoxy) is 2. The van der Waals surface area contributed by atoms with Gasteiger partial charge < -0.3 is 24.2 Å². The number of amides is 1. The molecule has 1 saturated carbocycles. The van der Waals surface area contributed by atoms with Crippen LogP contribution < -0.4 is 15.4 Å². The smallest absolute Gasteiger partial charge is 0.378 e. The zero-order chi connectivity index (χ0) is 33.1. The van der Waals surface area contributed by atoms with Crippen molar-refractivity contribution in [2.45, 2.75) is 64.0 Å². The molecule has 2 aliphatic heterocycles. The van der Waals surface area contributed by atoms with Gasteiger partial charge in [0.15, 0.2) is 0 Å². The molecule has 5 rings (SSSR count). The maximum Gasteiger partial charge on any atom is 0.423 e. The molecule has 1 aliphatic carbocycles. The van der Waals surface area contributed by atoms with Crippen LogP contribution in [0.1, 0.15) is 30.4 Å². The van der Waals surface area contributed by atoms with Crippen molar-refractivity contribution in [2.75, 3.05) is 62.3 Å². The lowest BCUT2D eigenvalue weighted by Crippen LogP contribution is -2.53. The van der Waals surface area contributed by atoms with E-state index in [1.807, 2.05) is 11.0 Å². The normalized spacial score (nSPS) is 22.1. The molecule has 1 amide bonds. The largest absolute Gasteiger partial charge is 0.423 e. The van der Waals surface area contributed by atoms with Crippen LogP contribution in [-0.2, 0) is 27.2 Å². The summed E-state index contributed by atoms with van der Waals surface area (Å²) in [5.74, 6) is 0.840. The molecule has 0 bridgehead atoms. The van der Waals surface area contributed by atoms with E-state index >= 15 is 0 Å². The maximum absolute atomic E-state index is 14.1. The van der Waals surface area contributed by atoms with Gasteiger partial charge in [-0.15, -0.1) is 0 Å². The number of pyridine rings is 1. The molecule has 250 valence electrons. The van der Waals surface area contributed by atoms with Gasteiger partial charge in [0.2, 0.25) is 5.91 Å².